The van der Waals surface area contributed by atoms with Crippen LogP contribution in [0.5, 0.6) is 0 Å². The fraction of sp³-hybridized carbons (Fsp3) is 0.258. The summed E-state index contributed by atoms with van der Waals surface area (Å²) in [6, 6.07) is 22.3. The first-order valence-corrected chi connectivity index (χ1v) is 14.1. The van der Waals surface area contributed by atoms with Crippen LogP contribution in [0.25, 0.3) is 16.9 Å². The number of aryl methyl sites for hydroxylation is 1. The van der Waals surface area contributed by atoms with Crippen molar-refractivity contribution in [2.24, 2.45) is 0 Å². The third-order valence-electron chi connectivity index (χ3n) is 7.00. The fourth-order valence-corrected chi connectivity index (χ4v) is 6.08. The Kier molecular flexibility index (Phi) is 7.84. The molecule has 1 aliphatic rings. The zero-order valence-corrected chi connectivity index (χ0v) is 23.1. The van der Waals surface area contributed by atoms with E-state index in [4.69, 9.17) is 5.10 Å². The van der Waals surface area contributed by atoms with Crippen molar-refractivity contribution in [3.05, 3.63) is 101 Å². The molecule has 0 radical (unpaired) electrons. The van der Waals surface area contributed by atoms with Crippen LogP contribution in [0.1, 0.15) is 40.8 Å². The molecule has 0 spiro atoms. The number of benzene rings is 3. The van der Waals surface area contributed by atoms with Gasteiger partial charge in [-0.15, -0.1) is 11.8 Å². The van der Waals surface area contributed by atoms with Gasteiger partial charge in [-0.3, -0.25) is 14.5 Å². The van der Waals surface area contributed by atoms with E-state index >= 15 is 4.39 Å². The summed E-state index contributed by atoms with van der Waals surface area (Å²) < 4.78 is 17.1. The van der Waals surface area contributed by atoms with Gasteiger partial charge in [0.2, 0.25) is 11.8 Å². The van der Waals surface area contributed by atoms with Crippen LogP contribution in [0, 0.1) is 19.7 Å². The van der Waals surface area contributed by atoms with E-state index in [0.717, 1.165) is 28.8 Å². The minimum atomic E-state index is -0.511. The lowest BCUT2D eigenvalue weighted by molar-refractivity contribution is -0.122. The normalized spacial score (nSPS) is 15.1. The summed E-state index contributed by atoms with van der Waals surface area (Å²) in [4.78, 5) is 28.2. The molecule has 1 aromatic heterocycles. The highest BCUT2D eigenvalue weighted by molar-refractivity contribution is 8.00. The Hall–Kier alpha value is -3.91. The molecule has 1 atom stereocenters. The lowest BCUT2D eigenvalue weighted by atomic mass is 9.99. The Morgan fingerprint density at radius 2 is 1.79 bits per heavy atom. The smallest absolute Gasteiger partial charge is 0.240 e. The van der Waals surface area contributed by atoms with Gasteiger partial charge >= 0.3 is 0 Å². The van der Waals surface area contributed by atoms with Crippen LogP contribution in [-0.4, -0.2) is 40.4 Å². The average molecular weight is 543 g/mol. The number of amides is 2. The number of carbonyl (C=O) groups excluding carboxylic acids is 2. The first-order chi connectivity index (χ1) is 18.9. The molecule has 5 rings (SSSR count). The van der Waals surface area contributed by atoms with Gasteiger partial charge in [-0.1, -0.05) is 67.6 Å². The summed E-state index contributed by atoms with van der Waals surface area (Å²) in [5.41, 5.74) is 5.58. The van der Waals surface area contributed by atoms with Gasteiger partial charge in [0, 0.05) is 23.2 Å². The van der Waals surface area contributed by atoms with Crippen molar-refractivity contribution in [1.82, 2.24) is 15.1 Å². The van der Waals surface area contributed by atoms with Gasteiger partial charge in [0.05, 0.1) is 22.4 Å². The second kappa shape index (κ2) is 11.5. The Balaban J connectivity index is 1.83. The van der Waals surface area contributed by atoms with E-state index in [1.54, 1.807) is 22.9 Å². The second-order valence-corrected chi connectivity index (χ2v) is 10.7. The quantitative estimate of drug-likeness (QED) is 0.312. The highest BCUT2D eigenvalue weighted by Crippen LogP contribution is 2.49. The van der Waals surface area contributed by atoms with Crippen molar-refractivity contribution in [2.75, 3.05) is 23.7 Å². The molecule has 2 amide bonds. The molecule has 0 saturated carbocycles. The molecule has 3 aromatic carbocycles. The Morgan fingerprint density at radius 1 is 1.05 bits per heavy atom. The van der Waals surface area contributed by atoms with Crippen molar-refractivity contribution in [2.45, 2.75) is 32.4 Å². The SMILES string of the molecule is CCCNC(=O)CN1C(=O)CSC(c2ccccc2F)c2c(-c3ccccc3)nn(-c3cccc(C)c3C)c21. The maximum atomic E-state index is 15.3. The summed E-state index contributed by atoms with van der Waals surface area (Å²) >= 11 is 1.36. The van der Waals surface area contributed by atoms with Crippen LogP contribution in [0.15, 0.2) is 72.8 Å². The molecule has 0 saturated heterocycles. The van der Waals surface area contributed by atoms with Crippen LogP contribution in [0.2, 0.25) is 0 Å². The maximum Gasteiger partial charge on any atom is 0.240 e. The molecule has 4 aromatic rings. The van der Waals surface area contributed by atoms with Gasteiger partial charge in [0.1, 0.15) is 18.2 Å². The molecule has 200 valence electrons. The molecule has 0 aliphatic carbocycles. The van der Waals surface area contributed by atoms with Crippen LogP contribution >= 0.6 is 11.8 Å². The van der Waals surface area contributed by atoms with Crippen LogP contribution < -0.4 is 10.2 Å². The molecular formula is C31H31FN4O2S. The van der Waals surface area contributed by atoms with Crippen LogP contribution in [0.3, 0.4) is 0 Å². The molecule has 8 heteroatoms. The molecule has 1 unspecified atom stereocenters. The lowest BCUT2D eigenvalue weighted by Gasteiger charge is -2.24. The number of halogens is 1. The van der Waals surface area contributed by atoms with Crippen molar-refractivity contribution < 1.29 is 14.0 Å². The second-order valence-electron chi connectivity index (χ2n) is 9.63. The maximum absolute atomic E-state index is 15.3. The molecule has 0 bridgehead atoms. The van der Waals surface area contributed by atoms with E-state index in [1.165, 1.54) is 22.7 Å². The molecule has 6 nitrogen and oxygen atoms in total. The highest BCUT2D eigenvalue weighted by atomic mass is 32.2. The van der Waals surface area contributed by atoms with Gasteiger partial charge in [-0.25, -0.2) is 9.07 Å². The third-order valence-corrected chi connectivity index (χ3v) is 8.24. The Labute approximate surface area is 232 Å². The Bertz CT molecular complexity index is 1520. The molecule has 39 heavy (non-hydrogen) atoms. The zero-order valence-electron chi connectivity index (χ0n) is 22.3. The number of nitrogens with zero attached hydrogens (tertiary/aromatic N) is 3. The standard InChI is InChI=1S/C31H31FN4O2S/c1-4-17-33-26(37)18-35-27(38)19-39-30(23-14-8-9-15-24(23)32)28-29(22-12-6-5-7-13-22)34-36(31(28)35)25-16-10-11-20(2)21(25)3/h5-16,30H,4,17-19H2,1-3H3,(H,33,37). The van der Waals surface area contributed by atoms with E-state index in [9.17, 15) is 9.59 Å². The molecule has 1 aliphatic heterocycles. The number of thioether (sulfide) groups is 1. The third kappa shape index (κ3) is 5.21. The van der Waals surface area contributed by atoms with Gasteiger partial charge in [0.15, 0.2) is 0 Å². The summed E-state index contributed by atoms with van der Waals surface area (Å²) in [7, 11) is 0. The summed E-state index contributed by atoms with van der Waals surface area (Å²) in [6.45, 7) is 6.39. The van der Waals surface area contributed by atoms with E-state index < -0.39 is 5.25 Å². The highest BCUT2D eigenvalue weighted by Gasteiger charge is 2.38. The number of hydrogen-bond donors (Lipinski definition) is 1. The lowest BCUT2D eigenvalue weighted by Crippen LogP contribution is -2.42. The topological polar surface area (TPSA) is 67.2 Å². The summed E-state index contributed by atoms with van der Waals surface area (Å²) in [6.07, 6.45) is 0.786. The predicted molar refractivity (Wildman–Crippen MR) is 155 cm³/mol. The van der Waals surface area contributed by atoms with E-state index in [1.807, 2.05) is 69.3 Å². The first kappa shape index (κ1) is 26.7. The van der Waals surface area contributed by atoms with Crippen LogP contribution in [-0.2, 0) is 9.59 Å². The number of nitrogens with one attached hydrogen (secondary N) is 1. The molecule has 1 N–H and O–H groups in total. The molecular weight excluding hydrogens is 511 g/mol. The van der Waals surface area contributed by atoms with Crippen molar-refractivity contribution in [3.8, 4) is 16.9 Å². The van der Waals surface area contributed by atoms with Crippen molar-refractivity contribution in [3.63, 3.8) is 0 Å². The zero-order chi connectivity index (χ0) is 27.5. The fourth-order valence-electron chi connectivity index (χ4n) is 4.86. The number of carbonyl (C=O) groups is 2. The summed E-state index contributed by atoms with van der Waals surface area (Å²) in [5.74, 6) is -0.229. The van der Waals surface area contributed by atoms with Crippen molar-refractivity contribution in [1.29, 1.82) is 0 Å². The minimum absolute atomic E-state index is 0.0930. The number of hydrogen-bond acceptors (Lipinski definition) is 4. The Morgan fingerprint density at radius 3 is 2.54 bits per heavy atom. The van der Waals surface area contributed by atoms with Crippen LogP contribution in [0.4, 0.5) is 10.2 Å². The number of fused-ring (bicyclic) bond motifs is 1. The molecule has 2 heterocycles. The monoisotopic (exact) mass is 542 g/mol. The van der Waals surface area contributed by atoms with Gasteiger partial charge in [-0.2, -0.15) is 5.10 Å². The van der Waals surface area contributed by atoms with Gasteiger partial charge in [-0.05, 0) is 43.5 Å². The van der Waals surface area contributed by atoms with Crippen molar-refractivity contribution >= 4 is 29.4 Å². The van der Waals surface area contributed by atoms with Gasteiger partial charge < -0.3 is 5.32 Å². The van der Waals surface area contributed by atoms with E-state index in [-0.39, 0.29) is 29.9 Å². The van der Waals surface area contributed by atoms with E-state index in [2.05, 4.69) is 5.32 Å². The summed E-state index contributed by atoms with van der Waals surface area (Å²) in [5, 5.41) is 7.47. The van der Waals surface area contributed by atoms with E-state index in [0.29, 0.717) is 29.2 Å². The number of rotatable bonds is 7. The number of aromatic nitrogens is 2. The predicted octanol–water partition coefficient (Wildman–Crippen LogP) is 5.99. The molecule has 0 fully saturated rings. The largest absolute Gasteiger partial charge is 0.355 e. The first-order valence-electron chi connectivity index (χ1n) is 13.1. The minimum Gasteiger partial charge on any atom is -0.355 e. The van der Waals surface area contributed by atoms with Gasteiger partial charge in [0.25, 0.3) is 0 Å². The number of anilines is 1. The average Bonchev–Trinajstić information content (AvgIpc) is 3.27.